The number of nitrogens with zero attached hydrogens (tertiary/aromatic N) is 3. The molecule has 50 heavy (non-hydrogen) atoms. The summed E-state index contributed by atoms with van der Waals surface area (Å²) < 4.78 is 0. The topological polar surface area (TPSA) is 117 Å². The minimum Gasteiger partial charge on any atom is -0.872 e. The Morgan fingerprint density at radius 1 is 0.680 bits per heavy atom. The number of hydrogen-bond donors (Lipinski definition) is 1. The molecule has 1 N–H and O–H groups in total. The Hall–Kier alpha value is -3.74. The van der Waals surface area contributed by atoms with Crippen molar-refractivity contribution in [1.82, 2.24) is 9.97 Å². The average molecular weight is 726 g/mol. The molecule has 0 amide bonds. The number of aromatic nitrogens is 2. The van der Waals surface area contributed by atoms with Crippen molar-refractivity contribution in [3.05, 3.63) is 85.8 Å². The molecule has 271 valence electrons. The van der Waals surface area contributed by atoms with Crippen LogP contribution in [0.25, 0.3) is 11.0 Å². The van der Waals surface area contributed by atoms with E-state index >= 15 is 0 Å². The molecular weight excluding hydrogens is 672 g/mol. The maximum Gasteiger partial charge on any atom is 2.00 e. The molecule has 7 nitrogen and oxygen atoms in total. The molecule has 4 rings (SSSR count). The van der Waals surface area contributed by atoms with Crippen LogP contribution in [0.3, 0.4) is 0 Å². The van der Waals surface area contributed by atoms with E-state index in [9.17, 15) is 15.0 Å². The second-order valence-electron chi connectivity index (χ2n) is 17.9. The van der Waals surface area contributed by atoms with Gasteiger partial charge in [0.25, 0.3) is 5.56 Å². The summed E-state index contributed by atoms with van der Waals surface area (Å²) in [7, 11) is 0. The van der Waals surface area contributed by atoms with Crippen LogP contribution < -0.4 is 15.8 Å². The summed E-state index contributed by atoms with van der Waals surface area (Å²) in [5.74, 6) is 0.104. The fourth-order valence-electron chi connectivity index (χ4n) is 5.63. The van der Waals surface area contributed by atoms with Crippen molar-refractivity contribution >= 4 is 34.8 Å². The van der Waals surface area contributed by atoms with E-state index in [1.165, 1.54) is 0 Å². The molecule has 3 aromatic carbocycles. The summed E-state index contributed by atoms with van der Waals surface area (Å²) >= 11 is 0. The molecule has 4 aromatic rings. The first kappa shape index (κ1) is 40.7. The van der Waals surface area contributed by atoms with Crippen LogP contribution in [0.1, 0.15) is 136 Å². The zero-order chi connectivity index (χ0) is 36.9. The van der Waals surface area contributed by atoms with Gasteiger partial charge >= 0.3 is 17.1 Å². The van der Waals surface area contributed by atoms with E-state index < -0.39 is 0 Å². The number of H-pyrrole nitrogens is 1. The van der Waals surface area contributed by atoms with Crippen LogP contribution in [0.15, 0.2) is 51.2 Å². The maximum absolute atomic E-state index is 13.8. The predicted octanol–water partition coefficient (Wildman–Crippen LogP) is 8.96. The van der Waals surface area contributed by atoms with E-state index in [0.29, 0.717) is 45.6 Å². The molecule has 8 heteroatoms. The molecule has 0 atom stereocenters. The Kier molecular flexibility index (Phi) is 11.8. The maximum atomic E-state index is 13.8. The van der Waals surface area contributed by atoms with E-state index in [2.05, 4.69) is 46.5 Å². The van der Waals surface area contributed by atoms with Crippen molar-refractivity contribution in [3.63, 3.8) is 0 Å². The van der Waals surface area contributed by atoms with Crippen molar-refractivity contribution in [2.75, 3.05) is 0 Å². The number of nitrogens with one attached hydrogen (secondary N) is 1. The molecule has 0 saturated carbocycles. The quantitative estimate of drug-likeness (QED) is 0.158. The van der Waals surface area contributed by atoms with E-state index in [0.717, 1.165) is 22.3 Å². The minimum atomic E-state index is -0.359. The van der Waals surface area contributed by atoms with Gasteiger partial charge in [0.1, 0.15) is 5.69 Å². The van der Waals surface area contributed by atoms with Gasteiger partial charge in [0.2, 0.25) is 0 Å². The van der Waals surface area contributed by atoms with Crippen LogP contribution in [0.5, 0.6) is 11.5 Å². The number of aromatic amines is 1. The SMILES string of the molecule is CC(C)Cc1nc2cc(N=Cc3cc(C(C)(C)C)cc(C(C)(C)C)c3[O-])c(N=Cc3cc(C(C)(C)C)cc(C(C)(C)C)c3[O-])cc2[nH]c1=O.[Cu+2]. The normalized spacial score (nSPS) is 13.2. The molecule has 0 saturated heterocycles. The molecule has 1 aromatic heterocycles. The van der Waals surface area contributed by atoms with E-state index in [1.807, 2.05) is 79.7 Å². The first-order chi connectivity index (χ1) is 22.4. The molecule has 1 radical (unpaired) electrons. The monoisotopic (exact) mass is 725 g/mol. The van der Waals surface area contributed by atoms with Crippen molar-refractivity contribution in [1.29, 1.82) is 0 Å². The summed E-state index contributed by atoms with van der Waals surface area (Å²) in [4.78, 5) is 30.3. The van der Waals surface area contributed by atoms with Gasteiger partial charge in [-0.1, -0.05) is 133 Å². The molecular formula is C42H54CuN4O3. The summed E-state index contributed by atoms with van der Waals surface area (Å²) in [6.07, 6.45) is 3.72. The van der Waals surface area contributed by atoms with Crippen LogP contribution in [-0.2, 0) is 45.1 Å². The second-order valence-corrected chi connectivity index (χ2v) is 17.9. The first-order valence-electron chi connectivity index (χ1n) is 17.2. The van der Waals surface area contributed by atoms with Crippen molar-refractivity contribution in [3.8, 4) is 11.5 Å². The summed E-state index contributed by atoms with van der Waals surface area (Å²) in [5, 5.41) is 27.5. The molecule has 0 unspecified atom stereocenters. The average Bonchev–Trinajstić information content (AvgIpc) is 2.93. The molecule has 0 aliphatic carbocycles. The number of hydrogen-bond acceptors (Lipinski definition) is 6. The zero-order valence-corrected chi connectivity index (χ0v) is 33.2. The van der Waals surface area contributed by atoms with Crippen LogP contribution in [0.2, 0.25) is 0 Å². The minimum absolute atomic E-state index is 0. The number of aliphatic imine (C=N–C) groups is 2. The van der Waals surface area contributed by atoms with Gasteiger partial charge in [-0.05, 0) is 79.5 Å². The Morgan fingerprint density at radius 2 is 1.10 bits per heavy atom. The van der Waals surface area contributed by atoms with Crippen molar-refractivity contribution in [2.24, 2.45) is 15.9 Å². The third kappa shape index (κ3) is 9.32. The number of benzene rings is 3. The van der Waals surface area contributed by atoms with Crippen molar-refractivity contribution in [2.45, 2.75) is 125 Å². The van der Waals surface area contributed by atoms with Crippen LogP contribution in [-0.4, -0.2) is 22.4 Å². The zero-order valence-electron chi connectivity index (χ0n) is 32.3. The molecule has 1 heterocycles. The van der Waals surface area contributed by atoms with Crippen LogP contribution in [0.4, 0.5) is 11.4 Å². The molecule has 0 fully saturated rings. The van der Waals surface area contributed by atoms with Gasteiger partial charge in [0, 0.05) is 12.4 Å². The fourth-order valence-corrected chi connectivity index (χ4v) is 5.63. The summed E-state index contributed by atoms with van der Waals surface area (Å²) in [6, 6.07) is 11.4. The first-order valence-corrected chi connectivity index (χ1v) is 17.2. The van der Waals surface area contributed by atoms with Crippen LogP contribution in [0, 0.1) is 5.92 Å². The van der Waals surface area contributed by atoms with Crippen molar-refractivity contribution < 1.29 is 27.3 Å². The fraction of sp³-hybridized carbons (Fsp3) is 0.476. The van der Waals surface area contributed by atoms with E-state index in [4.69, 9.17) is 15.0 Å². The number of fused-ring (bicyclic) bond motifs is 1. The van der Waals surface area contributed by atoms with Gasteiger partial charge in [-0.3, -0.25) is 14.8 Å². The van der Waals surface area contributed by atoms with Gasteiger partial charge in [0.05, 0.1) is 22.4 Å². The van der Waals surface area contributed by atoms with Crippen LogP contribution >= 0.6 is 0 Å². The summed E-state index contributed by atoms with van der Waals surface area (Å²) in [5.41, 5.74) is 5.60. The summed E-state index contributed by atoms with van der Waals surface area (Å²) in [6.45, 7) is 29.1. The molecule has 0 aliphatic heterocycles. The van der Waals surface area contributed by atoms with E-state index in [1.54, 1.807) is 24.6 Å². The third-order valence-corrected chi connectivity index (χ3v) is 8.73. The Bertz CT molecular complexity index is 1990. The smallest absolute Gasteiger partial charge is 0.872 e. The van der Waals surface area contributed by atoms with Gasteiger partial charge in [-0.2, -0.15) is 0 Å². The van der Waals surface area contributed by atoms with Gasteiger partial charge in [-0.25, -0.2) is 4.98 Å². The number of rotatable bonds is 6. The molecule has 0 spiro atoms. The van der Waals surface area contributed by atoms with Gasteiger partial charge in [0.15, 0.2) is 0 Å². The largest absolute Gasteiger partial charge is 2.00 e. The van der Waals surface area contributed by atoms with Gasteiger partial charge < -0.3 is 15.2 Å². The Balaban J connectivity index is 0.00000676. The Morgan fingerprint density at radius 3 is 1.48 bits per heavy atom. The molecule has 0 bridgehead atoms. The van der Waals surface area contributed by atoms with Gasteiger partial charge in [-0.15, -0.1) is 0 Å². The van der Waals surface area contributed by atoms with E-state index in [-0.39, 0.29) is 61.7 Å². The third-order valence-electron chi connectivity index (χ3n) is 8.73. The predicted molar refractivity (Wildman–Crippen MR) is 202 cm³/mol. The Labute approximate surface area is 309 Å². The standard InChI is InChI=1S/C42H56N4O3.Cu/c1-24(2)15-35-38(49)46-34-21-32(44-23-26-17-28(40(6,7)8)19-30(37(26)48)42(12,13)14)31(20-33(34)45-35)43-22-25-16-27(39(3,4)5)18-29(36(25)47)41(9,10)11;/h16-24,47-48H,15H2,1-14H3,(H,46,49);/q;+2/p-2. The second kappa shape index (κ2) is 14.5. The molecule has 0 aliphatic rings.